The summed E-state index contributed by atoms with van der Waals surface area (Å²) in [7, 11) is 0. The molecule has 0 saturated heterocycles. The molecule has 2 fully saturated rings. The van der Waals surface area contributed by atoms with E-state index < -0.39 is 0 Å². The molecule has 6 heteroatoms. The fourth-order valence-corrected chi connectivity index (χ4v) is 4.11. The zero-order valence-corrected chi connectivity index (χ0v) is 12.6. The van der Waals surface area contributed by atoms with Gasteiger partial charge in [0, 0.05) is 12.1 Å². The predicted molar refractivity (Wildman–Crippen MR) is 82.3 cm³/mol. The van der Waals surface area contributed by atoms with Crippen LogP contribution in [0.15, 0.2) is 4.90 Å². The third-order valence-corrected chi connectivity index (χ3v) is 5.76. The maximum atomic E-state index is 12.1. The minimum absolute atomic E-state index is 0.0121. The number of amides is 1. The van der Waals surface area contributed by atoms with Crippen molar-refractivity contribution >= 4 is 39.7 Å². The molecule has 1 aromatic heterocycles. The van der Waals surface area contributed by atoms with E-state index in [9.17, 15) is 4.79 Å². The summed E-state index contributed by atoms with van der Waals surface area (Å²) in [4.78, 5) is 13.8. The van der Waals surface area contributed by atoms with Crippen molar-refractivity contribution in [3.63, 3.8) is 0 Å². The largest absolute Gasteiger partial charge is 0.396 e. The first kappa shape index (κ1) is 13.1. The molecule has 19 heavy (non-hydrogen) atoms. The fraction of sp³-hybridized carbons (Fsp3) is 0.615. The Morgan fingerprint density at radius 2 is 2.05 bits per heavy atom. The topological polar surface area (TPSA) is 67.2 Å². The number of nitrogens with two attached hydrogens (primary N) is 1. The van der Waals surface area contributed by atoms with Gasteiger partial charge in [-0.1, -0.05) is 0 Å². The highest BCUT2D eigenvalue weighted by molar-refractivity contribution is 7.99. The third-order valence-electron chi connectivity index (χ3n) is 3.66. The number of hydrogen-bond donors (Lipinski definition) is 3. The smallest absolute Gasteiger partial charge is 0.263 e. The van der Waals surface area contributed by atoms with Crippen molar-refractivity contribution in [3.05, 3.63) is 4.88 Å². The van der Waals surface area contributed by atoms with Gasteiger partial charge in [0.25, 0.3) is 5.91 Å². The first-order valence-corrected chi connectivity index (χ1v) is 8.77. The minimum atomic E-state index is -0.0121. The molecule has 1 heterocycles. The first-order chi connectivity index (χ1) is 9.19. The Balaban J connectivity index is 1.80. The summed E-state index contributed by atoms with van der Waals surface area (Å²) in [6.45, 7) is 0. The van der Waals surface area contributed by atoms with Gasteiger partial charge in [-0.05, 0) is 38.4 Å². The van der Waals surface area contributed by atoms with Crippen LogP contribution in [0.4, 0.5) is 10.7 Å². The molecule has 0 spiro atoms. The van der Waals surface area contributed by atoms with E-state index in [0.29, 0.717) is 22.6 Å². The quantitative estimate of drug-likeness (QED) is 0.731. The zero-order valence-electron chi connectivity index (χ0n) is 11.0. The standard InChI is InChI=1S/C13H19N3OS2/c1-18-11-9(14)10(12(17)15-8-5-6-8)19-13(11)16-7-3-2-4-7/h7-8,16H,2-6,14H2,1H3,(H,15,17). The van der Waals surface area contributed by atoms with Crippen LogP contribution in [0.25, 0.3) is 0 Å². The van der Waals surface area contributed by atoms with Gasteiger partial charge in [-0.25, -0.2) is 0 Å². The molecule has 0 aromatic carbocycles. The second-order valence-electron chi connectivity index (χ2n) is 5.23. The molecule has 1 amide bonds. The Hall–Kier alpha value is -0.880. The van der Waals surface area contributed by atoms with Gasteiger partial charge in [0.05, 0.1) is 10.6 Å². The van der Waals surface area contributed by atoms with Gasteiger partial charge in [0.15, 0.2) is 0 Å². The summed E-state index contributed by atoms with van der Waals surface area (Å²) in [5.74, 6) is -0.0121. The second kappa shape index (κ2) is 5.25. The van der Waals surface area contributed by atoms with Crippen molar-refractivity contribution < 1.29 is 4.79 Å². The van der Waals surface area contributed by atoms with Crippen LogP contribution in [0, 0.1) is 0 Å². The molecular weight excluding hydrogens is 278 g/mol. The zero-order chi connectivity index (χ0) is 13.4. The maximum Gasteiger partial charge on any atom is 0.263 e. The lowest BCUT2D eigenvalue weighted by Crippen LogP contribution is -2.26. The number of anilines is 2. The average molecular weight is 297 g/mol. The number of thiophene rings is 1. The number of thioether (sulfide) groups is 1. The van der Waals surface area contributed by atoms with E-state index in [1.54, 1.807) is 11.8 Å². The molecule has 1 aromatic rings. The predicted octanol–water partition coefficient (Wildman–Crippen LogP) is 2.91. The van der Waals surface area contributed by atoms with Crippen molar-refractivity contribution in [1.82, 2.24) is 5.32 Å². The first-order valence-electron chi connectivity index (χ1n) is 6.72. The summed E-state index contributed by atoms with van der Waals surface area (Å²) in [5, 5.41) is 7.60. The molecule has 0 bridgehead atoms. The van der Waals surface area contributed by atoms with Gasteiger partial charge in [-0.2, -0.15) is 0 Å². The molecule has 3 rings (SSSR count). The number of nitrogens with one attached hydrogen (secondary N) is 2. The van der Waals surface area contributed by atoms with Crippen LogP contribution in [-0.2, 0) is 0 Å². The number of nitrogen functional groups attached to an aromatic ring is 1. The maximum absolute atomic E-state index is 12.1. The van der Waals surface area contributed by atoms with E-state index in [-0.39, 0.29) is 5.91 Å². The van der Waals surface area contributed by atoms with Crippen molar-refractivity contribution in [2.75, 3.05) is 17.3 Å². The molecule has 104 valence electrons. The summed E-state index contributed by atoms with van der Waals surface area (Å²) >= 11 is 3.11. The Labute approximate surface area is 121 Å². The van der Waals surface area contributed by atoms with Crippen LogP contribution in [0.1, 0.15) is 41.8 Å². The van der Waals surface area contributed by atoms with Crippen LogP contribution in [0.3, 0.4) is 0 Å². The fourth-order valence-electron chi connectivity index (χ4n) is 2.11. The van der Waals surface area contributed by atoms with Crippen LogP contribution < -0.4 is 16.4 Å². The van der Waals surface area contributed by atoms with Crippen molar-refractivity contribution in [1.29, 1.82) is 0 Å². The molecule has 0 radical (unpaired) electrons. The van der Waals surface area contributed by atoms with Gasteiger partial charge >= 0.3 is 0 Å². The molecular formula is C13H19N3OS2. The molecule has 0 aliphatic heterocycles. The monoisotopic (exact) mass is 297 g/mol. The molecule has 2 aliphatic rings. The van der Waals surface area contributed by atoms with Crippen LogP contribution in [0.5, 0.6) is 0 Å². The Bertz CT molecular complexity index is 492. The van der Waals surface area contributed by atoms with E-state index in [2.05, 4.69) is 10.6 Å². The Kier molecular flexibility index (Phi) is 3.62. The summed E-state index contributed by atoms with van der Waals surface area (Å²) in [6, 6.07) is 0.929. The molecule has 0 atom stereocenters. The molecule has 4 N–H and O–H groups in total. The van der Waals surface area contributed by atoms with Crippen LogP contribution in [-0.4, -0.2) is 24.2 Å². The van der Waals surface area contributed by atoms with Gasteiger partial charge < -0.3 is 16.4 Å². The lowest BCUT2D eigenvalue weighted by molar-refractivity contribution is 0.0956. The highest BCUT2D eigenvalue weighted by Crippen LogP contribution is 2.43. The lowest BCUT2D eigenvalue weighted by Gasteiger charge is -2.27. The third kappa shape index (κ3) is 2.69. The van der Waals surface area contributed by atoms with Crippen LogP contribution >= 0.6 is 23.1 Å². The summed E-state index contributed by atoms with van der Waals surface area (Å²) < 4.78 is 0. The number of hydrogen-bond acceptors (Lipinski definition) is 5. The van der Waals surface area contributed by atoms with Gasteiger partial charge in [-0.3, -0.25) is 4.79 Å². The average Bonchev–Trinajstić information content (AvgIpc) is 3.07. The highest BCUT2D eigenvalue weighted by atomic mass is 32.2. The molecule has 4 nitrogen and oxygen atoms in total. The lowest BCUT2D eigenvalue weighted by atomic mass is 9.93. The normalized spacial score (nSPS) is 19.0. The molecule has 0 unspecified atom stereocenters. The van der Waals surface area contributed by atoms with E-state index >= 15 is 0 Å². The summed E-state index contributed by atoms with van der Waals surface area (Å²) in [5.41, 5.74) is 6.77. The van der Waals surface area contributed by atoms with Crippen molar-refractivity contribution in [2.24, 2.45) is 0 Å². The summed E-state index contributed by atoms with van der Waals surface area (Å²) in [6.07, 6.45) is 7.93. The van der Waals surface area contributed by atoms with Crippen LogP contribution in [0.2, 0.25) is 0 Å². The molecule has 2 saturated carbocycles. The Morgan fingerprint density at radius 3 is 2.58 bits per heavy atom. The number of carbonyl (C=O) groups is 1. The second-order valence-corrected chi connectivity index (χ2v) is 7.06. The van der Waals surface area contributed by atoms with Crippen molar-refractivity contribution in [3.8, 4) is 0 Å². The number of rotatable bonds is 5. The van der Waals surface area contributed by atoms with Gasteiger partial charge in [0.1, 0.15) is 9.88 Å². The van der Waals surface area contributed by atoms with Crippen molar-refractivity contribution in [2.45, 2.75) is 49.1 Å². The van der Waals surface area contributed by atoms with Gasteiger partial charge in [0.2, 0.25) is 0 Å². The highest BCUT2D eigenvalue weighted by Gasteiger charge is 2.28. The number of carbonyl (C=O) groups excluding carboxylic acids is 1. The Morgan fingerprint density at radius 1 is 1.32 bits per heavy atom. The molecule has 2 aliphatic carbocycles. The SMILES string of the molecule is CSc1c(NC2CCC2)sc(C(=O)NC2CC2)c1N. The van der Waals surface area contributed by atoms with E-state index in [1.807, 2.05) is 6.26 Å². The van der Waals surface area contributed by atoms with E-state index in [1.165, 1.54) is 30.6 Å². The van der Waals surface area contributed by atoms with Gasteiger partial charge in [-0.15, -0.1) is 23.1 Å². The minimum Gasteiger partial charge on any atom is -0.396 e. The van der Waals surface area contributed by atoms with E-state index in [4.69, 9.17) is 5.73 Å². The van der Waals surface area contributed by atoms with E-state index in [0.717, 1.165) is 22.7 Å².